The van der Waals surface area contributed by atoms with E-state index in [9.17, 15) is 0 Å². The van der Waals surface area contributed by atoms with Gasteiger partial charge in [-0.05, 0) is 30.7 Å². The lowest BCUT2D eigenvalue weighted by Gasteiger charge is -2.17. The van der Waals surface area contributed by atoms with Gasteiger partial charge in [-0.3, -0.25) is 0 Å². The lowest BCUT2D eigenvalue weighted by Crippen LogP contribution is -2.16. The van der Waals surface area contributed by atoms with Crippen LogP contribution in [0.4, 0.5) is 5.69 Å². The molecule has 2 rings (SSSR count). The van der Waals surface area contributed by atoms with Gasteiger partial charge in [-0.1, -0.05) is 15.9 Å². The quantitative estimate of drug-likeness (QED) is 0.873. The van der Waals surface area contributed by atoms with Gasteiger partial charge in [-0.25, -0.2) is 0 Å². The van der Waals surface area contributed by atoms with Crippen molar-refractivity contribution >= 4 is 21.6 Å². The van der Waals surface area contributed by atoms with Gasteiger partial charge >= 0.3 is 0 Å². The van der Waals surface area contributed by atoms with Gasteiger partial charge in [0.25, 0.3) is 0 Å². The summed E-state index contributed by atoms with van der Waals surface area (Å²) in [5.41, 5.74) is 2.33. The summed E-state index contributed by atoms with van der Waals surface area (Å²) in [7, 11) is 2.00. The second-order valence-electron chi connectivity index (χ2n) is 4.00. The number of anilines is 1. The molecule has 0 radical (unpaired) electrons. The van der Waals surface area contributed by atoms with E-state index in [0.29, 0.717) is 18.3 Å². The van der Waals surface area contributed by atoms with Gasteiger partial charge in [0.2, 0.25) is 11.8 Å². The monoisotopic (exact) mass is 295 g/mol. The zero-order valence-corrected chi connectivity index (χ0v) is 11.7. The Hall–Kier alpha value is -1.36. The minimum Gasteiger partial charge on any atom is -0.424 e. The summed E-state index contributed by atoms with van der Waals surface area (Å²) in [6.45, 7) is 4.47. The van der Waals surface area contributed by atoms with Crippen LogP contribution in [0.5, 0.6) is 0 Å². The highest BCUT2D eigenvalue weighted by Gasteiger charge is 2.08. The molecule has 17 heavy (non-hydrogen) atoms. The average molecular weight is 296 g/mol. The van der Waals surface area contributed by atoms with Crippen molar-refractivity contribution in [2.24, 2.45) is 0 Å². The molecular formula is C12H14BrN3O. The first kappa shape index (κ1) is 12.1. The van der Waals surface area contributed by atoms with E-state index in [1.165, 1.54) is 5.56 Å². The number of rotatable bonds is 3. The van der Waals surface area contributed by atoms with Crippen LogP contribution in [0.2, 0.25) is 0 Å². The summed E-state index contributed by atoms with van der Waals surface area (Å²) in [6.07, 6.45) is 0. The van der Waals surface area contributed by atoms with Crippen LogP contribution >= 0.6 is 15.9 Å². The van der Waals surface area contributed by atoms with Crippen molar-refractivity contribution in [1.82, 2.24) is 10.2 Å². The number of halogens is 1. The summed E-state index contributed by atoms with van der Waals surface area (Å²) in [4.78, 5) is 2.08. The van der Waals surface area contributed by atoms with Gasteiger partial charge in [-0.15, -0.1) is 10.2 Å². The minimum absolute atomic E-state index is 0.598. The molecule has 0 atom stereocenters. The first-order valence-corrected chi connectivity index (χ1v) is 6.12. The highest BCUT2D eigenvalue weighted by molar-refractivity contribution is 9.10. The SMILES string of the molecule is Cc1nnc(CN(C)c2ccc(Br)c(C)c2)o1. The Morgan fingerprint density at radius 1 is 1.29 bits per heavy atom. The molecule has 0 unspecified atom stereocenters. The van der Waals surface area contributed by atoms with Crippen LogP contribution in [0.3, 0.4) is 0 Å². The average Bonchev–Trinajstić information content (AvgIpc) is 2.68. The molecule has 5 heteroatoms. The molecule has 0 fully saturated rings. The third-order valence-electron chi connectivity index (χ3n) is 2.52. The number of aryl methyl sites for hydroxylation is 2. The molecule has 0 aliphatic rings. The Kier molecular flexibility index (Phi) is 3.47. The maximum Gasteiger partial charge on any atom is 0.235 e. The molecule has 0 spiro atoms. The Morgan fingerprint density at radius 2 is 2.06 bits per heavy atom. The van der Waals surface area contributed by atoms with Crippen LogP contribution in [-0.2, 0) is 6.54 Å². The third-order valence-corrected chi connectivity index (χ3v) is 3.41. The third kappa shape index (κ3) is 2.85. The predicted molar refractivity (Wildman–Crippen MR) is 70.0 cm³/mol. The van der Waals surface area contributed by atoms with Gasteiger partial charge < -0.3 is 9.32 Å². The number of nitrogens with zero attached hydrogens (tertiary/aromatic N) is 3. The number of hydrogen-bond acceptors (Lipinski definition) is 4. The van der Waals surface area contributed by atoms with Crippen molar-refractivity contribution in [3.05, 3.63) is 40.0 Å². The largest absolute Gasteiger partial charge is 0.424 e. The fraction of sp³-hybridized carbons (Fsp3) is 0.333. The van der Waals surface area contributed by atoms with E-state index in [-0.39, 0.29) is 0 Å². The Morgan fingerprint density at radius 3 is 2.65 bits per heavy atom. The molecule has 0 saturated heterocycles. The standard InChI is InChI=1S/C12H14BrN3O/c1-8-6-10(4-5-11(8)13)16(3)7-12-15-14-9(2)17-12/h4-6H,7H2,1-3H3. The van der Waals surface area contributed by atoms with Crippen LogP contribution in [0.15, 0.2) is 27.1 Å². The number of benzene rings is 1. The maximum atomic E-state index is 5.36. The molecule has 0 amide bonds. The fourth-order valence-electron chi connectivity index (χ4n) is 1.56. The summed E-state index contributed by atoms with van der Waals surface area (Å²) in [6, 6.07) is 6.22. The van der Waals surface area contributed by atoms with Crippen LogP contribution in [-0.4, -0.2) is 17.2 Å². The van der Waals surface area contributed by atoms with E-state index >= 15 is 0 Å². The van der Waals surface area contributed by atoms with Crippen molar-refractivity contribution in [2.75, 3.05) is 11.9 Å². The molecule has 0 aliphatic heterocycles. The molecule has 0 N–H and O–H groups in total. The Balaban J connectivity index is 2.14. The van der Waals surface area contributed by atoms with Gasteiger partial charge in [0.05, 0.1) is 6.54 Å². The molecular weight excluding hydrogens is 282 g/mol. The van der Waals surface area contributed by atoms with Crippen LogP contribution < -0.4 is 4.90 Å². The van der Waals surface area contributed by atoms with E-state index in [1.807, 2.05) is 13.1 Å². The van der Waals surface area contributed by atoms with E-state index in [4.69, 9.17) is 4.42 Å². The first-order chi connectivity index (χ1) is 8.06. The minimum atomic E-state index is 0.598. The van der Waals surface area contributed by atoms with E-state index in [0.717, 1.165) is 10.2 Å². The number of hydrogen-bond donors (Lipinski definition) is 0. The predicted octanol–water partition coefficient (Wildman–Crippen LogP) is 3.09. The topological polar surface area (TPSA) is 42.2 Å². The maximum absolute atomic E-state index is 5.36. The summed E-state index contributed by atoms with van der Waals surface area (Å²) >= 11 is 3.49. The van der Waals surface area contributed by atoms with Crippen LogP contribution in [0, 0.1) is 13.8 Å². The zero-order valence-electron chi connectivity index (χ0n) is 10.1. The lowest BCUT2D eigenvalue weighted by molar-refractivity contribution is 0.466. The molecule has 0 aliphatic carbocycles. The first-order valence-electron chi connectivity index (χ1n) is 5.32. The molecule has 4 nitrogen and oxygen atoms in total. The highest BCUT2D eigenvalue weighted by atomic mass is 79.9. The van der Waals surface area contributed by atoms with E-state index in [1.54, 1.807) is 6.92 Å². The van der Waals surface area contributed by atoms with E-state index in [2.05, 4.69) is 50.1 Å². The van der Waals surface area contributed by atoms with Gasteiger partial charge in [0.1, 0.15) is 0 Å². The van der Waals surface area contributed by atoms with Gasteiger partial charge in [-0.2, -0.15) is 0 Å². The summed E-state index contributed by atoms with van der Waals surface area (Å²) in [5, 5.41) is 7.80. The summed E-state index contributed by atoms with van der Waals surface area (Å²) in [5.74, 6) is 1.23. The summed E-state index contributed by atoms with van der Waals surface area (Å²) < 4.78 is 6.47. The molecule has 1 aromatic carbocycles. The Labute approximate surface area is 109 Å². The lowest BCUT2D eigenvalue weighted by atomic mass is 10.2. The van der Waals surface area contributed by atoms with Crippen molar-refractivity contribution in [3.8, 4) is 0 Å². The van der Waals surface area contributed by atoms with Crippen molar-refractivity contribution in [3.63, 3.8) is 0 Å². The second-order valence-corrected chi connectivity index (χ2v) is 4.86. The number of aromatic nitrogens is 2. The normalized spacial score (nSPS) is 10.6. The van der Waals surface area contributed by atoms with Gasteiger partial charge in [0.15, 0.2) is 0 Å². The molecule has 1 aromatic heterocycles. The molecule has 90 valence electrons. The smallest absolute Gasteiger partial charge is 0.235 e. The van der Waals surface area contributed by atoms with Crippen molar-refractivity contribution in [2.45, 2.75) is 20.4 Å². The molecule has 0 bridgehead atoms. The molecule has 0 saturated carbocycles. The molecule has 2 aromatic rings. The van der Waals surface area contributed by atoms with E-state index < -0.39 is 0 Å². The Bertz CT molecular complexity index is 524. The van der Waals surface area contributed by atoms with Crippen molar-refractivity contribution in [1.29, 1.82) is 0 Å². The van der Waals surface area contributed by atoms with Crippen molar-refractivity contribution < 1.29 is 4.42 Å². The molecule has 1 heterocycles. The second kappa shape index (κ2) is 4.87. The fourth-order valence-corrected chi connectivity index (χ4v) is 1.81. The van der Waals surface area contributed by atoms with Gasteiger partial charge in [0, 0.05) is 24.1 Å². The van der Waals surface area contributed by atoms with Crippen LogP contribution in [0.1, 0.15) is 17.3 Å². The van der Waals surface area contributed by atoms with Crippen LogP contribution in [0.25, 0.3) is 0 Å². The highest BCUT2D eigenvalue weighted by Crippen LogP contribution is 2.23. The zero-order chi connectivity index (χ0) is 12.4.